The maximum Gasteiger partial charge on any atom is 0.472 e. The molecule has 0 spiro atoms. The Labute approximate surface area is 581 Å². The van der Waals surface area contributed by atoms with Gasteiger partial charge in [-0.25, -0.2) is 9.13 Å². The average Bonchev–Trinajstić information content (AvgIpc) is 1.71. The van der Waals surface area contributed by atoms with Crippen LogP contribution in [0.2, 0.25) is 0 Å². The number of aliphatic hydroxyl groups is 1. The van der Waals surface area contributed by atoms with Gasteiger partial charge in [0.2, 0.25) is 0 Å². The van der Waals surface area contributed by atoms with E-state index in [0.717, 1.165) is 102 Å². The molecule has 19 heteroatoms. The van der Waals surface area contributed by atoms with Gasteiger partial charge in [-0.2, -0.15) is 0 Å². The fourth-order valence-electron chi connectivity index (χ4n) is 11.7. The number of unbranched alkanes of at least 4 members (excludes halogenated alkanes) is 48. The molecule has 0 saturated carbocycles. The molecule has 0 amide bonds. The number of carbonyl (C=O) groups excluding carboxylic acids is 4. The smallest absolute Gasteiger partial charge is 0.462 e. The quantitative estimate of drug-likeness (QED) is 0.0222. The predicted molar refractivity (Wildman–Crippen MR) is 386 cm³/mol. The molecule has 0 aromatic rings. The van der Waals surface area contributed by atoms with E-state index in [1.54, 1.807) is 0 Å². The normalized spacial score (nSPS) is 13.9. The van der Waals surface area contributed by atoms with E-state index in [2.05, 4.69) is 34.6 Å². The monoisotopic (exact) mass is 1400 g/mol. The van der Waals surface area contributed by atoms with Crippen LogP contribution in [-0.2, 0) is 65.4 Å². The predicted octanol–water partition coefficient (Wildman–Crippen LogP) is 22.5. The molecule has 0 aliphatic heterocycles. The molecule has 0 bridgehead atoms. The van der Waals surface area contributed by atoms with Gasteiger partial charge in [-0.3, -0.25) is 37.3 Å². The number of hydrogen-bond acceptors (Lipinski definition) is 15. The molecule has 17 nitrogen and oxygen atoms in total. The van der Waals surface area contributed by atoms with Gasteiger partial charge in [0.1, 0.15) is 19.3 Å². The third-order valence-corrected chi connectivity index (χ3v) is 19.7. The summed E-state index contributed by atoms with van der Waals surface area (Å²) in [6, 6.07) is 0. The molecule has 3 N–H and O–H groups in total. The molecule has 0 aliphatic rings. The van der Waals surface area contributed by atoms with Crippen LogP contribution in [0.15, 0.2) is 0 Å². The average molecular weight is 1400 g/mol. The molecule has 2 unspecified atom stereocenters. The summed E-state index contributed by atoms with van der Waals surface area (Å²) in [6.07, 6.45) is 58.9. The Morgan fingerprint density at radius 1 is 0.284 bits per heavy atom. The van der Waals surface area contributed by atoms with E-state index >= 15 is 0 Å². The number of phosphoric ester groups is 2. The molecular weight excluding hydrogens is 1250 g/mol. The standard InChI is InChI=1S/C76H148O17P2/c1-6-9-12-15-17-19-21-22-23-24-25-26-27-28-33-36-39-43-47-52-57-62-76(81)93-72(66-87-74(79)60-55-50-45-42-38-35-32-30-29-31-34-37-40-44-49-53-58-69(4)5)68-91-95(84,85)89-64-70(77)63-88-94(82,83)90-67-71(65-86-73(78)59-54-48-14-11-8-3)92-75(80)61-56-51-46-41-20-18-16-13-10-7-2/h69-72,77H,6-68H2,1-5H3,(H,82,83)(H,84,85)/t70-,71+,72+/m0/s1. The minimum atomic E-state index is -4.95. The van der Waals surface area contributed by atoms with E-state index < -0.39 is 97.5 Å². The maximum absolute atomic E-state index is 13.1. The lowest BCUT2D eigenvalue weighted by Crippen LogP contribution is -2.30. The summed E-state index contributed by atoms with van der Waals surface area (Å²) < 4.78 is 68.2. The van der Waals surface area contributed by atoms with Gasteiger partial charge in [0.15, 0.2) is 12.2 Å². The van der Waals surface area contributed by atoms with Crippen molar-refractivity contribution >= 4 is 39.5 Å². The van der Waals surface area contributed by atoms with Crippen molar-refractivity contribution in [3.63, 3.8) is 0 Å². The number of ether oxygens (including phenoxy) is 4. The summed E-state index contributed by atoms with van der Waals surface area (Å²) in [5, 5.41) is 10.6. The van der Waals surface area contributed by atoms with Crippen molar-refractivity contribution in [2.24, 2.45) is 5.92 Å². The second kappa shape index (κ2) is 69.2. The molecule has 0 aromatic carbocycles. The lowest BCUT2D eigenvalue weighted by molar-refractivity contribution is -0.161. The Morgan fingerprint density at radius 2 is 0.484 bits per heavy atom. The molecule has 0 rings (SSSR count). The number of carbonyl (C=O) groups is 4. The van der Waals surface area contributed by atoms with Gasteiger partial charge in [0, 0.05) is 25.7 Å². The van der Waals surface area contributed by atoms with E-state index in [-0.39, 0.29) is 25.7 Å². The molecule has 0 aliphatic carbocycles. The first-order valence-electron chi connectivity index (χ1n) is 39.6. The molecule has 0 heterocycles. The number of aliphatic hydroxyl groups excluding tert-OH is 1. The van der Waals surface area contributed by atoms with Crippen LogP contribution in [0.3, 0.4) is 0 Å². The van der Waals surface area contributed by atoms with Crippen molar-refractivity contribution in [3.8, 4) is 0 Å². The fourth-order valence-corrected chi connectivity index (χ4v) is 13.3. The molecule has 5 atom stereocenters. The number of phosphoric acid groups is 2. The van der Waals surface area contributed by atoms with Crippen molar-refractivity contribution in [1.82, 2.24) is 0 Å². The third-order valence-electron chi connectivity index (χ3n) is 17.8. The summed E-state index contributed by atoms with van der Waals surface area (Å²) in [7, 11) is -9.90. The number of esters is 4. The Kier molecular flexibility index (Phi) is 67.7. The zero-order chi connectivity index (χ0) is 69.8. The third kappa shape index (κ3) is 70.3. The molecule has 0 fully saturated rings. The Hall–Kier alpha value is -1.94. The highest BCUT2D eigenvalue weighted by Gasteiger charge is 2.30. The van der Waals surface area contributed by atoms with E-state index in [9.17, 15) is 43.2 Å². The molecule has 95 heavy (non-hydrogen) atoms. The van der Waals surface area contributed by atoms with Crippen LogP contribution in [0.25, 0.3) is 0 Å². The van der Waals surface area contributed by atoms with Crippen LogP contribution in [0.4, 0.5) is 0 Å². The molecule has 564 valence electrons. The van der Waals surface area contributed by atoms with E-state index in [1.165, 1.54) is 218 Å². The largest absolute Gasteiger partial charge is 0.472 e. The van der Waals surface area contributed by atoms with Crippen LogP contribution >= 0.6 is 15.6 Å². The van der Waals surface area contributed by atoms with Crippen LogP contribution in [-0.4, -0.2) is 96.7 Å². The Morgan fingerprint density at radius 3 is 0.716 bits per heavy atom. The second-order valence-electron chi connectivity index (χ2n) is 27.9. The summed E-state index contributed by atoms with van der Waals surface area (Å²) in [5.41, 5.74) is 0. The highest BCUT2D eigenvalue weighted by Crippen LogP contribution is 2.45. The second-order valence-corrected chi connectivity index (χ2v) is 30.8. The van der Waals surface area contributed by atoms with Crippen LogP contribution in [0, 0.1) is 5.92 Å². The molecular formula is C76H148O17P2. The molecule has 0 radical (unpaired) electrons. The molecule has 0 aromatic heterocycles. The minimum Gasteiger partial charge on any atom is -0.462 e. The van der Waals surface area contributed by atoms with Crippen molar-refractivity contribution in [1.29, 1.82) is 0 Å². The highest BCUT2D eigenvalue weighted by molar-refractivity contribution is 7.47. The SMILES string of the molecule is CCCCCCCCCCCCCCCCCCCCCCCC(=O)O[C@H](COC(=O)CCCCCCCCCCCCCCCCCCC(C)C)COP(=O)(O)OC[C@@H](O)COP(=O)(O)OC[C@@H](COC(=O)CCCCCCC)OC(=O)CCCCCCCCCCCC. The van der Waals surface area contributed by atoms with Crippen molar-refractivity contribution in [2.45, 2.75) is 419 Å². The first-order valence-corrected chi connectivity index (χ1v) is 42.6. The van der Waals surface area contributed by atoms with E-state index in [4.69, 9.17) is 37.0 Å². The zero-order valence-electron chi connectivity index (χ0n) is 61.8. The molecule has 0 saturated heterocycles. The van der Waals surface area contributed by atoms with Gasteiger partial charge < -0.3 is 33.8 Å². The lowest BCUT2D eigenvalue weighted by atomic mass is 10.0. The van der Waals surface area contributed by atoms with Crippen molar-refractivity contribution in [2.75, 3.05) is 39.6 Å². The van der Waals surface area contributed by atoms with E-state index in [1.807, 2.05) is 0 Å². The summed E-state index contributed by atoms with van der Waals surface area (Å²) in [5.74, 6) is -1.31. The fraction of sp³-hybridized carbons (Fsp3) is 0.947. The summed E-state index contributed by atoms with van der Waals surface area (Å²) in [6.45, 7) is 7.22. The van der Waals surface area contributed by atoms with Crippen molar-refractivity contribution in [3.05, 3.63) is 0 Å². The van der Waals surface area contributed by atoms with Gasteiger partial charge >= 0.3 is 39.5 Å². The zero-order valence-corrected chi connectivity index (χ0v) is 63.6. The van der Waals surface area contributed by atoms with Gasteiger partial charge in [-0.1, -0.05) is 349 Å². The van der Waals surface area contributed by atoms with E-state index in [0.29, 0.717) is 25.7 Å². The first kappa shape index (κ1) is 93.1. The maximum atomic E-state index is 13.1. The Balaban J connectivity index is 5.10. The topological polar surface area (TPSA) is 237 Å². The van der Waals surface area contributed by atoms with Crippen LogP contribution in [0.1, 0.15) is 401 Å². The minimum absolute atomic E-state index is 0.106. The van der Waals surface area contributed by atoms with Crippen molar-refractivity contribution < 1.29 is 80.2 Å². The van der Waals surface area contributed by atoms with Gasteiger partial charge in [-0.05, 0) is 31.6 Å². The van der Waals surface area contributed by atoms with Gasteiger partial charge in [-0.15, -0.1) is 0 Å². The summed E-state index contributed by atoms with van der Waals surface area (Å²) in [4.78, 5) is 72.4. The first-order chi connectivity index (χ1) is 46.0. The summed E-state index contributed by atoms with van der Waals surface area (Å²) >= 11 is 0. The Bertz CT molecular complexity index is 1820. The number of hydrogen-bond donors (Lipinski definition) is 3. The highest BCUT2D eigenvalue weighted by atomic mass is 31.2. The lowest BCUT2D eigenvalue weighted by Gasteiger charge is -2.21. The van der Waals surface area contributed by atoms with Crippen LogP contribution in [0.5, 0.6) is 0 Å². The van der Waals surface area contributed by atoms with Gasteiger partial charge in [0.25, 0.3) is 0 Å². The van der Waals surface area contributed by atoms with Crippen LogP contribution < -0.4 is 0 Å². The van der Waals surface area contributed by atoms with Gasteiger partial charge in [0.05, 0.1) is 26.4 Å². The number of rotatable bonds is 76.